The van der Waals surface area contributed by atoms with Crippen molar-refractivity contribution in [3.8, 4) is 11.5 Å². The van der Waals surface area contributed by atoms with Crippen LogP contribution in [0.25, 0.3) is 10.8 Å². The van der Waals surface area contributed by atoms with Crippen molar-refractivity contribution < 1.29 is 23.9 Å². The Bertz CT molecular complexity index is 1610. The number of carbonyl (C=O) groups is 3. The zero-order valence-corrected chi connectivity index (χ0v) is 25.7. The lowest BCUT2D eigenvalue weighted by atomic mass is 9.94. The number of ether oxygens (including phenoxy) is 2. The van der Waals surface area contributed by atoms with Crippen LogP contribution in [0.2, 0.25) is 0 Å². The van der Waals surface area contributed by atoms with Gasteiger partial charge in [-0.25, -0.2) is 0 Å². The molecule has 0 saturated carbocycles. The summed E-state index contributed by atoms with van der Waals surface area (Å²) in [5.74, 6) is 0.778. The van der Waals surface area contributed by atoms with E-state index in [2.05, 4.69) is 14.8 Å². The number of hydrogen-bond acceptors (Lipinski definition) is 8. The van der Waals surface area contributed by atoms with Gasteiger partial charge in [0.15, 0.2) is 11.5 Å². The number of amides is 3. The highest BCUT2D eigenvalue weighted by atomic mass is 16.5. The summed E-state index contributed by atoms with van der Waals surface area (Å²) < 4.78 is 11.7. The maximum absolute atomic E-state index is 13.2. The fourth-order valence-corrected chi connectivity index (χ4v) is 7.00. The lowest BCUT2D eigenvalue weighted by Gasteiger charge is -2.36. The summed E-state index contributed by atoms with van der Waals surface area (Å²) in [4.78, 5) is 52.2. The van der Waals surface area contributed by atoms with Crippen molar-refractivity contribution in [2.75, 3.05) is 66.1 Å². The molecule has 0 N–H and O–H groups in total. The Morgan fingerprint density at radius 3 is 2.20 bits per heavy atom. The van der Waals surface area contributed by atoms with Crippen molar-refractivity contribution in [2.24, 2.45) is 4.99 Å². The Hall–Kier alpha value is -4.28. The monoisotopic (exact) mass is 609 g/mol. The molecule has 1 atom stereocenters. The van der Waals surface area contributed by atoms with Gasteiger partial charge in [-0.15, -0.1) is 0 Å². The summed E-state index contributed by atoms with van der Waals surface area (Å²) in [5.41, 5.74) is 2.43. The van der Waals surface area contributed by atoms with Crippen LogP contribution in [0.3, 0.4) is 0 Å². The molecule has 45 heavy (non-hydrogen) atoms. The number of aliphatic imine (C=N–C) groups is 1. The van der Waals surface area contributed by atoms with Crippen LogP contribution in [0.5, 0.6) is 11.5 Å². The number of imide groups is 1. The zero-order valence-electron chi connectivity index (χ0n) is 25.7. The number of fused-ring (bicyclic) bond motifs is 2. The van der Waals surface area contributed by atoms with E-state index >= 15 is 0 Å². The first-order chi connectivity index (χ1) is 22.0. The van der Waals surface area contributed by atoms with E-state index in [1.54, 1.807) is 13.2 Å². The molecular weight excluding hydrogens is 570 g/mol. The van der Waals surface area contributed by atoms with E-state index in [1.165, 1.54) is 4.90 Å². The largest absolute Gasteiger partial charge is 0.493 e. The van der Waals surface area contributed by atoms with E-state index in [4.69, 9.17) is 9.47 Å². The van der Waals surface area contributed by atoms with E-state index in [0.717, 1.165) is 75.7 Å². The molecule has 10 nitrogen and oxygen atoms in total. The average molecular weight is 610 g/mol. The maximum Gasteiger partial charge on any atom is 0.261 e. The smallest absolute Gasteiger partial charge is 0.261 e. The second-order valence-corrected chi connectivity index (χ2v) is 12.2. The molecule has 4 aliphatic rings. The van der Waals surface area contributed by atoms with Crippen LogP contribution >= 0.6 is 0 Å². The highest BCUT2D eigenvalue weighted by Crippen LogP contribution is 2.38. The van der Waals surface area contributed by atoms with Crippen molar-refractivity contribution in [2.45, 2.75) is 31.7 Å². The van der Waals surface area contributed by atoms with Gasteiger partial charge in [-0.05, 0) is 55.8 Å². The van der Waals surface area contributed by atoms with Crippen LogP contribution in [0.15, 0.2) is 53.5 Å². The first-order valence-corrected chi connectivity index (χ1v) is 16.0. The minimum absolute atomic E-state index is 0.00653. The topological polar surface area (TPSA) is 95.0 Å². The number of carbonyl (C=O) groups excluding carboxylic acids is 3. The minimum atomic E-state index is -0.199. The lowest BCUT2D eigenvalue weighted by Crippen LogP contribution is -2.50. The first-order valence-electron chi connectivity index (χ1n) is 16.0. The van der Waals surface area contributed by atoms with E-state index in [1.807, 2.05) is 53.6 Å². The molecule has 0 aromatic heterocycles. The van der Waals surface area contributed by atoms with Crippen LogP contribution in [-0.2, 0) is 0 Å². The van der Waals surface area contributed by atoms with E-state index in [9.17, 15) is 14.4 Å². The Kier molecular flexibility index (Phi) is 8.25. The van der Waals surface area contributed by atoms with Crippen LogP contribution in [0.4, 0.5) is 5.69 Å². The molecule has 0 spiro atoms. The van der Waals surface area contributed by atoms with E-state index in [-0.39, 0.29) is 23.8 Å². The number of rotatable bonds is 10. The molecule has 0 aliphatic carbocycles. The van der Waals surface area contributed by atoms with Crippen LogP contribution in [0.1, 0.15) is 56.8 Å². The van der Waals surface area contributed by atoms with Gasteiger partial charge in [0.25, 0.3) is 17.7 Å². The van der Waals surface area contributed by atoms with Crippen LogP contribution in [-0.4, -0.2) is 116 Å². The molecular formula is C35H39N5O5. The molecule has 0 radical (unpaired) electrons. The van der Waals surface area contributed by atoms with Crippen LogP contribution < -0.4 is 9.47 Å². The van der Waals surface area contributed by atoms with Gasteiger partial charge < -0.3 is 19.3 Å². The van der Waals surface area contributed by atoms with Gasteiger partial charge in [-0.3, -0.25) is 29.2 Å². The summed E-state index contributed by atoms with van der Waals surface area (Å²) in [6, 6.07) is 14.9. The third-order valence-electron chi connectivity index (χ3n) is 9.54. The molecule has 2 saturated heterocycles. The molecule has 4 heterocycles. The number of piperazine rings is 1. The van der Waals surface area contributed by atoms with Gasteiger partial charge in [-0.1, -0.05) is 24.3 Å². The molecule has 0 unspecified atom stereocenters. The maximum atomic E-state index is 13.2. The summed E-state index contributed by atoms with van der Waals surface area (Å²) in [6.45, 7) is 7.08. The van der Waals surface area contributed by atoms with Gasteiger partial charge in [0.2, 0.25) is 0 Å². The number of methoxy groups -OCH3 is 1. The SMILES string of the molecule is COc1cc2c(cc1OCCCCN1CCN(CCN3C(=O)c4cccc5cccc(c45)C3=O)CC1)N=C[C@@H]1CCCN1C2=O. The third-order valence-corrected chi connectivity index (χ3v) is 9.54. The quantitative estimate of drug-likeness (QED) is 0.251. The highest BCUT2D eigenvalue weighted by molar-refractivity contribution is 6.25. The number of nitrogens with zero attached hydrogens (tertiary/aromatic N) is 5. The highest BCUT2D eigenvalue weighted by Gasteiger charge is 2.34. The van der Waals surface area contributed by atoms with Gasteiger partial charge in [-0.2, -0.15) is 0 Å². The van der Waals surface area contributed by atoms with Crippen molar-refractivity contribution in [3.63, 3.8) is 0 Å². The zero-order chi connectivity index (χ0) is 30.9. The molecule has 234 valence electrons. The molecule has 3 aromatic carbocycles. The summed E-state index contributed by atoms with van der Waals surface area (Å²) >= 11 is 0. The normalized spacial score (nSPS) is 20.0. The Balaban J connectivity index is 0.853. The second kappa shape index (κ2) is 12.6. The van der Waals surface area contributed by atoms with Crippen molar-refractivity contribution in [1.29, 1.82) is 0 Å². The van der Waals surface area contributed by atoms with Crippen molar-refractivity contribution >= 4 is 40.4 Å². The standard InChI is InChI=1S/C35H39N5O5/c1-44-30-21-28-29(36-23-25-9-6-13-39(25)35(28)43)22-31(30)45-20-3-2-12-37-14-16-38(17-15-37)18-19-40-33(41)26-10-4-7-24-8-5-11-27(32(24)26)34(40)42/h4-5,7-8,10-11,21-23,25H,2-3,6,9,12-20H2,1H3/t25-/m0/s1. The van der Waals surface area contributed by atoms with E-state index in [0.29, 0.717) is 53.6 Å². The molecule has 4 aliphatic heterocycles. The number of hydrogen-bond donors (Lipinski definition) is 0. The Morgan fingerprint density at radius 1 is 0.778 bits per heavy atom. The van der Waals surface area contributed by atoms with E-state index < -0.39 is 0 Å². The summed E-state index contributed by atoms with van der Waals surface area (Å²) in [5, 5.41) is 1.70. The fourth-order valence-electron chi connectivity index (χ4n) is 7.00. The van der Waals surface area contributed by atoms with Gasteiger partial charge >= 0.3 is 0 Å². The first kappa shape index (κ1) is 29.4. The van der Waals surface area contributed by atoms with Gasteiger partial charge in [0.1, 0.15) is 0 Å². The Labute approximate surface area is 263 Å². The van der Waals surface area contributed by atoms with Crippen molar-refractivity contribution in [1.82, 2.24) is 19.6 Å². The number of unbranched alkanes of at least 4 members (excludes halogenated alkanes) is 1. The van der Waals surface area contributed by atoms with Crippen molar-refractivity contribution in [3.05, 3.63) is 65.2 Å². The second-order valence-electron chi connectivity index (χ2n) is 12.2. The minimum Gasteiger partial charge on any atom is -0.493 e. The molecule has 0 bridgehead atoms. The van der Waals surface area contributed by atoms with Crippen LogP contribution in [0, 0.1) is 0 Å². The number of benzene rings is 3. The molecule has 3 aromatic rings. The lowest BCUT2D eigenvalue weighted by molar-refractivity contribution is 0.0571. The summed E-state index contributed by atoms with van der Waals surface area (Å²) in [7, 11) is 1.60. The Morgan fingerprint density at radius 2 is 1.49 bits per heavy atom. The molecule has 2 fully saturated rings. The average Bonchev–Trinajstić information content (AvgIpc) is 3.50. The van der Waals surface area contributed by atoms with Gasteiger partial charge in [0, 0.05) is 74.6 Å². The summed E-state index contributed by atoms with van der Waals surface area (Å²) in [6.07, 6.45) is 5.74. The predicted molar refractivity (Wildman–Crippen MR) is 172 cm³/mol. The predicted octanol–water partition coefficient (Wildman–Crippen LogP) is 4.24. The fraction of sp³-hybridized carbons (Fsp3) is 0.429. The molecule has 10 heteroatoms. The third kappa shape index (κ3) is 5.68. The molecule has 7 rings (SSSR count). The molecule has 3 amide bonds. The van der Waals surface area contributed by atoms with Gasteiger partial charge in [0.05, 0.1) is 31.0 Å².